The molecule has 0 bridgehead atoms. The summed E-state index contributed by atoms with van der Waals surface area (Å²) >= 11 is 0. The Morgan fingerprint density at radius 3 is 2.37 bits per heavy atom. The normalized spacial score (nSPS) is 10.5. The molecule has 0 amide bonds. The lowest BCUT2D eigenvalue weighted by molar-refractivity contribution is 0.0982. The standard InChI is InChI=1S/C17H17FO/c1-12-3-5-14(6-4-12)7-10-17(19)15-8-9-16(18)13(2)11-15/h3-6,8-9,11H,7,10H2,1-2H3. The van der Waals surface area contributed by atoms with Crippen molar-refractivity contribution < 1.29 is 9.18 Å². The second-order valence-electron chi connectivity index (χ2n) is 4.87. The Balaban J connectivity index is 2.01. The van der Waals surface area contributed by atoms with Crippen LogP contribution in [0.4, 0.5) is 4.39 Å². The summed E-state index contributed by atoms with van der Waals surface area (Å²) in [6, 6.07) is 12.7. The van der Waals surface area contributed by atoms with Gasteiger partial charge < -0.3 is 0 Å². The molecule has 0 aliphatic carbocycles. The van der Waals surface area contributed by atoms with Crippen LogP contribution in [0.25, 0.3) is 0 Å². The van der Waals surface area contributed by atoms with Gasteiger partial charge in [-0.25, -0.2) is 4.39 Å². The first-order valence-electron chi connectivity index (χ1n) is 6.41. The smallest absolute Gasteiger partial charge is 0.163 e. The van der Waals surface area contributed by atoms with Gasteiger partial charge in [-0.15, -0.1) is 0 Å². The van der Waals surface area contributed by atoms with Crippen LogP contribution in [-0.4, -0.2) is 5.78 Å². The van der Waals surface area contributed by atoms with Crippen LogP contribution in [0.2, 0.25) is 0 Å². The lowest BCUT2D eigenvalue weighted by Crippen LogP contribution is -2.02. The lowest BCUT2D eigenvalue weighted by Gasteiger charge is -2.04. The van der Waals surface area contributed by atoms with E-state index in [1.807, 2.05) is 31.2 Å². The Hall–Kier alpha value is -1.96. The summed E-state index contributed by atoms with van der Waals surface area (Å²) in [6.07, 6.45) is 1.17. The Labute approximate surface area is 113 Å². The van der Waals surface area contributed by atoms with Crippen LogP contribution in [0, 0.1) is 19.7 Å². The van der Waals surface area contributed by atoms with Gasteiger partial charge in [-0.05, 0) is 49.6 Å². The Kier molecular flexibility index (Phi) is 4.10. The van der Waals surface area contributed by atoms with Gasteiger partial charge in [0.05, 0.1) is 0 Å². The summed E-state index contributed by atoms with van der Waals surface area (Å²) in [5, 5.41) is 0. The van der Waals surface area contributed by atoms with Gasteiger partial charge in [0.2, 0.25) is 0 Å². The number of rotatable bonds is 4. The summed E-state index contributed by atoms with van der Waals surface area (Å²) in [4.78, 5) is 12.0. The highest BCUT2D eigenvalue weighted by Crippen LogP contribution is 2.13. The first kappa shape index (κ1) is 13.5. The molecule has 0 N–H and O–H groups in total. The summed E-state index contributed by atoms with van der Waals surface area (Å²) in [5.41, 5.74) is 3.47. The third-order valence-corrected chi connectivity index (χ3v) is 3.24. The van der Waals surface area contributed by atoms with E-state index in [9.17, 15) is 9.18 Å². The largest absolute Gasteiger partial charge is 0.294 e. The number of ketones is 1. The summed E-state index contributed by atoms with van der Waals surface area (Å²) in [7, 11) is 0. The van der Waals surface area contributed by atoms with E-state index in [4.69, 9.17) is 0 Å². The minimum absolute atomic E-state index is 0.0590. The van der Waals surface area contributed by atoms with E-state index < -0.39 is 0 Å². The molecule has 0 aliphatic heterocycles. The molecule has 19 heavy (non-hydrogen) atoms. The monoisotopic (exact) mass is 256 g/mol. The number of aryl methyl sites for hydroxylation is 3. The fourth-order valence-electron chi connectivity index (χ4n) is 1.98. The molecule has 2 heteroatoms. The highest BCUT2D eigenvalue weighted by molar-refractivity contribution is 5.96. The molecule has 2 rings (SSSR count). The number of Topliss-reactive ketones (excluding diaryl/α,β-unsaturated/α-hetero) is 1. The zero-order chi connectivity index (χ0) is 13.8. The van der Waals surface area contributed by atoms with Gasteiger partial charge in [-0.1, -0.05) is 29.8 Å². The summed E-state index contributed by atoms with van der Waals surface area (Å²) < 4.78 is 13.1. The molecule has 0 aromatic heterocycles. The maximum atomic E-state index is 13.1. The Morgan fingerprint density at radius 2 is 1.74 bits per heavy atom. The number of carbonyl (C=O) groups is 1. The maximum Gasteiger partial charge on any atom is 0.163 e. The molecule has 0 heterocycles. The van der Waals surface area contributed by atoms with Crippen molar-refractivity contribution in [2.75, 3.05) is 0 Å². The van der Waals surface area contributed by atoms with E-state index in [2.05, 4.69) is 0 Å². The van der Waals surface area contributed by atoms with Crippen LogP contribution in [0.5, 0.6) is 0 Å². The average molecular weight is 256 g/mol. The molecule has 0 radical (unpaired) electrons. The Morgan fingerprint density at radius 1 is 1.05 bits per heavy atom. The van der Waals surface area contributed by atoms with Crippen molar-refractivity contribution in [3.8, 4) is 0 Å². The highest BCUT2D eigenvalue weighted by atomic mass is 19.1. The van der Waals surface area contributed by atoms with Crippen LogP contribution >= 0.6 is 0 Å². The molecule has 0 atom stereocenters. The maximum absolute atomic E-state index is 13.1. The van der Waals surface area contributed by atoms with E-state index in [0.717, 1.165) is 12.0 Å². The molecule has 0 aliphatic rings. The van der Waals surface area contributed by atoms with Crippen molar-refractivity contribution in [3.05, 3.63) is 70.5 Å². The molecule has 0 unspecified atom stereocenters. The van der Waals surface area contributed by atoms with E-state index in [0.29, 0.717) is 17.5 Å². The molecule has 98 valence electrons. The van der Waals surface area contributed by atoms with Gasteiger partial charge in [0, 0.05) is 12.0 Å². The molecule has 0 spiro atoms. The molecule has 2 aromatic rings. The van der Waals surface area contributed by atoms with E-state index in [1.165, 1.54) is 11.6 Å². The van der Waals surface area contributed by atoms with Gasteiger partial charge in [0.25, 0.3) is 0 Å². The zero-order valence-electron chi connectivity index (χ0n) is 11.2. The van der Waals surface area contributed by atoms with Crippen LogP contribution in [0.3, 0.4) is 0 Å². The second kappa shape index (κ2) is 5.79. The van der Waals surface area contributed by atoms with Gasteiger partial charge in [-0.2, -0.15) is 0 Å². The van der Waals surface area contributed by atoms with Gasteiger partial charge in [0.15, 0.2) is 5.78 Å². The van der Waals surface area contributed by atoms with Crippen molar-refractivity contribution in [1.82, 2.24) is 0 Å². The number of halogens is 1. The third kappa shape index (κ3) is 3.50. The number of hydrogen-bond donors (Lipinski definition) is 0. The average Bonchev–Trinajstić information content (AvgIpc) is 2.41. The van der Waals surface area contributed by atoms with Crippen molar-refractivity contribution in [1.29, 1.82) is 0 Å². The first-order chi connectivity index (χ1) is 9.06. The molecule has 0 saturated heterocycles. The predicted molar refractivity (Wildman–Crippen MR) is 75.0 cm³/mol. The van der Waals surface area contributed by atoms with Gasteiger partial charge in [-0.3, -0.25) is 4.79 Å². The van der Waals surface area contributed by atoms with Crippen molar-refractivity contribution in [2.24, 2.45) is 0 Å². The molecule has 2 aromatic carbocycles. The predicted octanol–water partition coefficient (Wildman–Crippen LogP) is 4.26. The number of hydrogen-bond acceptors (Lipinski definition) is 1. The SMILES string of the molecule is Cc1ccc(CCC(=O)c2ccc(F)c(C)c2)cc1. The quantitative estimate of drug-likeness (QED) is 0.747. The van der Waals surface area contributed by atoms with Crippen LogP contribution in [0.1, 0.15) is 33.5 Å². The minimum Gasteiger partial charge on any atom is -0.294 e. The fourth-order valence-corrected chi connectivity index (χ4v) is 1.98. The molecule has 1 nitrogen and oxygen atoms in total. The molecule has 0 saturated carbocycles. The van der Waals surface area contributed by atoms with Crippen LogP contribution < -0.4 is 0 Å². The van der Waals surface area contributed by atoms with E-state index >= 15 is 0 Å². The van der Waals surface area contributed by atoms with Gasteiger partial charge in [0.1, 0.15) is 5.82 Å². The van der Waals surface area contributed by atoms with Crippen molar-refractivity contribution >= 4 is 5.78 Å². The molecular weight excluding hydrogens is 239 g/mol. The van der Waals surface area contributed by atoms with Gasteiger partial charge >= 0.3 is 0 Å². The summed E-state index contributed by atoms with van der Waals surface area (Å²) in [5.74, 6) is -0.209. The second-order valence-corrected chi connectivity index (χ2v) is 4.87. The fraction of sp³-hybridized carbons (Fsp3) is 0.235. The third-order valence-electron chi connectivity index (χ3n) is 3.24. The van der Waals surface area contributed by atoms with E-state index in [1.54, 1.807) is 19.1 Å². The Bertz CT molecular complexity index is 585. The molecular formula is C17H17FO. The minimum atomic E-state index is -0.268. The van der Waals surface area contributed by atoms with E-state index in [-0.39, 0.29) is 11.6 Å². The molecule has 0 fully saturated rings. The lowest BCUT2D eigenvalue weighted by atomic mass is 10.0. The highest BCUT2D eigenvalue weighted by Gasteiger charge is 2.08. The number of benzene rings is 2. The topological polar surface area (TPSA) is 17.1 Å². The van der Waals surface area contributed by atoms with Crippen LogP contribution in [0.15, 0.2) is 42.5 Å². The van der Waals surface area contributed by atoms with Crippen molar-refractivity contribution in [2.45, 2.75) is 26.7 Å². The summed E-state index contributed by atoms with van der Waals surface area (Å²) in [6.45, 7) is 3.71. The first-order valence-corrected chi connectivity index (χ1v) is 6.41. The van der Waals surface area contributed by atoms with Crippen molar-refractivity contribution in [3.63, 3.8) is 0 Å². The van der Waals surface area contributed by atoms with Crippen LogP contribution in [-0.2, 0) is 6.42 Å². The number of carbonyl (C=O) groups excluding carboxylic acids is 1. The zero-order valence-corrected chi connectivity index (χ0v) is 11.2.